The lowest BCUT2D eigenvalue weighted by Crippen LogP contribution is -2.38. The summed E-state index contributed by atoms with van der Waals surface area (Å²) in [5.41, 5.74) is 1.61. The molecule has 3 heteroatoms. The van der Waals surface area contributed by atoms with Crippen LogP contribution in [0.1, 0.15) is 51.0 Å². The van der Waals surface area contributed by atoms with Gasteiger partial charge in [0.15, 0.2) is 0 Å². The highest BCUT2D eigenvalue weighted by atomic mass is 16.5. The van der Waals surface area contributed by atoms with Gasteiger partial charge in [-0.05, 0) is 67.8 Å². The van der Waals surface area contributed by atoms with E-state index in [0.717, 1.165) is 19.0 Å². The zero-order valence-corrected chi connectivity index (χ0v) is 14.8. The summed E-state index contributed by atoms with van der Waals surface area (Å²) < 4.78 is 5.35. The Kier molecular flexibility index (Phi) is 5.40. The maximum atomic E-state index is 11.3. The third-order valence-electron chi connectivity index (χ3n) is 5.93. The van der Waals surface area contributed by atoms with Gasteiger partial charge in [-0.2, -0.15) is 0 Å². The minimum Gasteiger partial charge on any atom is -0.427 e. The number of hydrogen-bond donors (Lipinski definition) is 0. The minimum atomic E-state index is -0.247. The van der Waals surface area contributed by atoms with Crippen molar-refractivity contribution in [2.75, 3.05) is 19.6 Å². The fraction of sp³-hybridized carbons (Fsp3) is 0.571. The monoisotopic (exact) mass is 327 g/mol. The summed E-state index contributed by atoms with van der Waals surface area (Å²) in [5.74, 6) is 1.17. The largest absolute Gasteiger partial charge is 0.427 e. The highest BCUT2D eigenvalue weighted by molar-refractivity contribution is 5.69. The SMILES string of the molecule is C=CCN1CCC2CCCCC2(c2cccc(OC(C)=O)c2)CC1. The van der Waals surface area contributed by atoms with Crippen molar-refractivity contribution >= 4 is 5.97 Å². The second kappa shape index (κ2) is 7.52. The van der Waals surface area contributed by atoms with Gasteiger partial charge in [0, 0.05) is 13.5 Å². The van der Waals surface area contributed by atoms with E-state index in [1.165, 1.54) is 57.6 Å². The topological polar surface area (TPSA) is 29.5 Å². The van der Waals surface area contributed by atoms with E-state index >= 15 is 0 Å². The van der Waals surface area contributed by atoms with Gasteiger partial charge < -0.3 is 4.74 Å². The summed E-state index contributed by atoms with van der Waals surface area (Å²) in [6.45, 7) is 8.64. The predicted molar refractivity (Wildman–Crippen MR) is 97.3 cm³/mol. The molecule has 2 unspecified atom stereocenters. The van der Waals surface area contributed by atoms with Gasteiger partial charge in [0.2, 0.25) is 0 Å². The Morgan fingerprint density at radius 3 is 3.00 bits per heavy atom. The quantitative estimate of drug-likeness (QED) is 0.468. The molecule has 1 heterocycles. The number of nitrogens with zero attached hydrogens (tertiary/aromatic N) is 1. The Labute approximate surface area is 145 Å². The Morgan fingerprint density at radius 2 is 2.21 bits per heavy atom. The number of likely N-dealkylation sites (tertiary alicyclic amines) is 1. The number of esters is 1. The number of benzene rings is 1. The summed E-state index contributed by atoms with van der Waals surface area (Å²) in [5, 5.41) is 0. The fourth-order valence-corrected chi connectivity index (χ4v) is 4.79. The molecule has 2 aliphatic rings. The molecule has 1 saturated heterocycles. The molecule has 0 aromatic heterocycles. The summed E-state index contributed by atoms with van der Waals surface area (Å²) in [6.07, 6.45) is 9.68. The highest BCUT2D eigenvalue weighted by Crippen LogP contribution is 2.49. The van der Waals surface area contributed by atoms with E-state index in [0.29, 0.717) is 5.75 Å². The average Bonchev–Trinajstić information content (AvgIpc) is 2.76. The van der Waals surface area contributed by atoms with Gasteiger partial charge in [-0.25, -0.2) is 0 Å². The van der Waals surface area contributed by atoms with Gasteiger partial charge in [-0.15, -0.1) is 6.58 Å². The average molecular weight is 327 g/mol. The predicted octanol–water partition coefficient (Wildman–Crippen LogP) is 4.32. The summed E-state index contributed by atoms with van der Waals surface area (Å²) in [6, 6.07) is 8.29. The van der Waals surface area contributed by atoms with Crippen LogP contribution in [0.3, 0.4) is 0 Å². The second-order valence-electron chi connectivity index (χ2n) is 7.35. The van der Waals surface area contributed by atoms with Crippen LogP contribution in [0.2, 0.25) is 0 Å². The van der Waals surface area contributed by atoms with Crippen molar-refractivity contribution in [2.24, 2.45) is 5.92 Å². The molecule has 0 N–H and O–H groups in total. The van der Waals surface area contributed by atoms with E-state index in [9.17, 15) is 4.79 Å². The number of rotatable bonds is 4. The number of ether oxygens (including phenoxy) is 1. The first kappa shape index (κ1) is 17.2. The minimum absolute atomic E-state index is 0.240. The van der Waals surface area contributed by atoms with Crippen LogP contribution in [0, 0.1) is 5.92 Å². The van der Waals surface area contributed by atoms with Gasteiger partial charge in [0.25, 0.3) is 0 Å². The highest BCUT2D eigenvalue weighted by Gasteiger charge is 2.43. The Morgan fingerprint density at radius 1 is 1.33 bits per heavy atom. The molecule has 1 aromatic carbocycles. The van der Waals surface area contributed by atoms with Crippen LogP contribution < -0.4 is 4.74 Å². The summed E-state index contributed by atoms with van der Waals surface area (Å²) in [7, 11) is 0. The third kappa shape index (κ3) is 3.56. The molecule has 0 spiro atoms. The van der Waals surface area contributed by atoms with Crippen molar-refractivity contribution in [1.82, 2.24) is 4.90 Å². The van der Waals surface area contributed by atoms with Gasteiger partial charge in [0.1, 0.15) is 5.75 Å². The first-order valence-corrected chi connectivity index (χ1v) is 9.26. The summed E-state index contributed by atoms with van der Waals surface area (Å²) >= 11 is 0. The maximum Gasteiger partial charge on any atom is 0.308 e. The molecule has 0 bridgehead atoms. The van der Waals surface area contributed by atoms with Gasteiger partial charge >= 0.3 is 5.97 Å². The normalized spacial score (nSPS) is 27.8. The van der Waals surface area contributed by atoms with Crippen LogP contribution in [0.15, 0.2) is 36.9 Å². The Balaban J connectivity index is 1.91. The molecule has 3 rings (SSSR count). The maximum absolute atomic E-state index is 11.3. The molecule has 2 atom stereocenters. The number of hydrogen-bond acceptors (Lipinski definition) is 3. The van der Waals surface area contributed by atoms with E-state index in [2.05, 4.69) is 23.6 Å². The van der Waals surface area contributed by atoms with E-state index < -0.39 is 0 Å². The molecule has 1 saturated carbocycles. The fourth-order valence-electron chi connectivity index (χ4n) is 4.79. The molecule has 1 aliphatic heterocycles. The number of fused-ring (bicyclic) bond motifs is 1. The second-order valence-corrected chi connectivity index (χ2v) is 7.35. The van der Waals surface area contributed by atoms with Crippen molar-refractivity contribution in [3.8, 4) is 5.75 Å². The van der Waals surface area contributed by atoms with Gasteiger partial charge in [-0.3, -0.25) is 9.69 Å². The van der Waals surface area contributed by atoms with Crippen LogP contribution >= 0.6 is 0 Å². The van der Waals surface area contributed by atoms with Crippen LogP contribution in [0.25, 0.3) is 0 Å². The standard InChI is InChI=1S/C21H29NO2/c1-3-13-22-14-10-18-7-4-5-11-21(18,12-15-22)19-8-6-9-20(16-19)24-17(2)23/h3,6,8-9,16,18H,1,4-5,7,10-15H2,2H3. The zero-order valence-electron chi connectivity index (χ0n) is 14.8. The number of carbonyl (C=O) groups is 1. The van der Waals surface area contributed by atoms with E-state index in [1.54, 1.807) is 0 Å². The van der Waals surface area contributed by atoms with Crippen molar-refractivity contribution in [2.45, 2.75) is 50.9 Å². The van der Waals surface area contributed by atoms with Crippen LogP contribution in [-0.2, 0) is 10.2 Å². The Hall–Kier alpha value is -1.61. The van der Waals surface area contributed by atoms with Crippen molar-refractivity contribution in [3.05, 3.63) is 42.5 Å². The lowest BCUT2D eigenvalue weighted by Gasteiger charge is -2.44. The van der Waals surface area contributed by atoms with Crippen LogP contribution in [-0.4, -0.2) is 30.5 Å². The molecular formula is C21H29NO2. The van der Waals surface area contributed by atoms with Crippen LogP contribution in [0.5, 0.6) is 5.75 Å². The van der Waals surface area contributed by atoms with E-state index in [1.807, 2.05) is 18.2 Å². The number of carbonyl (C=O) groups excluding carboxylic acids is 1. The molecule has 1 aromatic rings. The third-order valence-corrected chi connectivity index (χ3v) is 5.93. The smallest absolute Gasteiger partial charge is 0.308 e. The van der Waals surface area contributed by atoms with Crippen LogP contribution in [0.4, 0.5) is 0 Å². The molecule has 0 amide bonds. The van der Waals surface area contributed by atoms with E-state index in [4.69, 9.17) is 4.74 Å². The molecular weight excluding hydrogens is 298 g/mol. The first-order valence-electron chi connectivity index (χ1n) is 9.26. The van der Waals surface area contributed by atoms with Crippen molar-refractivity contribution in [3.63, 3.8) is 0 Å². The molecule has 130 valence electrons. The lowest BCUT2D eigenvalue weighted by atomic mass is 9.60. The van der Waals surface area contributed by atoms with Gasteiger partial charge in [-0.1, -0.05) is 31.1 Å². The lowest BCUT2D eigenvalue weighted by molar-refractivity contribution is -0.131. The first-order chi connectivity index (χ1) is 11.6. The van der Waals surface area contributed by atoms with E-state index in [-0.39, 0.29) is 11.4 Å². The zero-order chi connectivity index (χ0) is 17.0. The molecule has 24 heavy (non-hydrogen) atoms. The summed E-state index contributed by atoms with van der Waals surface area (Å²) in [4.78, 5) is 13.8. The molecule has 1 aliphatic carbocycles. The molecule has 0 radical (unpaired) electrons. The van der Waals surface area contributed by atoms with Crippen molar-refractivity contribution in [1.29, 1.82) is 0 Å². The van der Waals surface area contributed by atoms with Crippen molar-refractivity contribution < 1.29 is 9.53 Å². The molecule has 2 fully saturated rings. The van der Waals surface area contributed by atoms with Gasteiger partial charge in [0.05, 0.1) is 0 Å². The molecule has 3 nitrogen and oxygen atoms in total. The Bertz CT molecular complexity index is 597.